The molecule has 1 amide bonds. The number of ether oxygens (including phenoxy) is 1. The van der Waals surface area contributed by atoms with Gasteiger partial charge in [-0.25, -0.2) is 23.2 Å². The lowest BCUT2D eigenvalue weighted by Crippen LogP contribution is -2.54. The van der Waals surface area contributed by atoms with Crippen molar-refractivity contribution in [3.8, 4) is 0 Å². The molecule has 0 spiro atoms. The van der Waals surface area contributed by atoms with Gasteiger partial charge in [-0.2, -0.15) is 30.6 Å². The van der Waals surface area contributed by atoms with E-state index >= 15 is 0 Å². The van der Waals surface area contributed by atoms with Gasteiger partial charge in [-0.3, -0.25) is 0 Å². The number of carbonyl (C=O) groups excluding carboxylic acids is 1. The van der Waals surface area contributed by atoms with E-state index in [1.54, 1.807) is 34.6 Å². The second kappa shape index (κ2) is 11.6. The Morgan fingerprint density at radius 1 is 1.05 bits per heavy atom. The number of anilines is 1. The molecule has 17 heteroatoms. The highest BCUT2D eigenvalue weighted by molar-refractivity contribution is 7.88. The Kier molecular flexibility index (Phi) is 10.2. The number of alkyl carbamates (subject to hydrolysis) is 1. The van der Waals surface area contributed by atoms with Crippen LogP contribution in [0.2, 0.25) is 0 Å². The first-order valence-electron chi connectivity index (χ1n) is 10.8. The summed E-state index contributed by atoms with van der Waals surface area (Å²) < 4.78 is 109. The molecule has 0 radical (unpaired) electrons. The molecule has 0 aromatic carbocycles. The van der Waals surface area contributed by atoms with Crippen molar-refractivity contribution in [1.82, 2.24) is 19.6 Å². The molecule has 0 saturated carbocycles. The fraction of sp³-hybridized carbons (Fsp3) is 0.750. The summed E-state index contributed by atoms with van der Waals surface area (Å²) in [6.45, 7) is 7.85. The molecule has 0 aliphatic carbocycles. The fourth-order valence-electron chi connectivity index (χ4n) is 2.94. The van der Waals surface area contributed by atoms with Crippen molar-refractivity contribution in [3.05, 3.63) is 18.0 Å². The first-order valence-corrected chi connectivity index (χ1v) is 12.7. The van der Waals surface area contributed by atoms with E-state index in [4.69, 9.17) is 4.74 Å². The van der Waals surface area contributed by atoms with E-state index < -0.39 is 57.2 Å². The first kappa shape index (κ1) is 32.6. The van der Waals surface area contributed by atoms with Gasteiger partial charge in [-0.15, -0.1) is 0 Å². The largest absolute Gasteiger partial charge is 0.444 e. The van der Waals surface area contributed by atoms with Gasteiger partial charge in [0.15, 0.2) is 0 Å². The maximum Gasteiger partial charge on any atom is 0.430 e. The van der Waals surface area contributed by atoms with Crippen LogP contribution in [0.4, 0.5) is 37.1 Å². The van der Waals surface area contributed by atoms with Crippen molar-refractivity contribution in [2.24, 2.45) is 5.92 Å². The predicted octanol–water partition coefficient (Wildman–Crippen LogP) is 3.01. The molecule has 10 nitrogen and oxygen atoms in total. The highest BCUT2D eigenvalue weighted by atomic mass is 32.2. The van der Waals surface area contributed by atoms with Crippen LogP contribution in [0.25, 0.3) is 0 Å². The maximum atomic E-state index is 13.1. The van der Waals surface area contributed by atoms with Crippen molar-refractivity contribution in [2.45, 2.75) is 64.2 Å². The van der Waals surface area contributed by atoms with Crippen molar-refractivity contribution in [3.63, 3.8) is 0 Å². The van der Waals surface area contributed by atoms with Crippen LogP contribution in [-0.2, 0) is 20.4 Å². The standard InChI is InChI=1S/C20H31F6N5O5S/c1-12(2)10-31(37(6,34)35)11-14(9-29-16(32)36-17(3,4)5)30-15-27-7-13(8-28-15)18(33,19(21,22)23)20(24,25)26/h7-8,12,14,33H,9-11H2,1-6H3,(H,29,32)(H,27,28,30)/t14-/m1/s1. The molecule has 0 unspecified atom stereocenters. The minimum Gasteiger partial charge on any atom is -0.444 e. The molecule has 0 aliphatic heterocycles. The van der Waals surface area contributed by atoms with Crippen LogP contribution < -0.4 is 10.6 Å². The lowest BCUT2D eigenvalue weighted by molar-refractivity contribution is -0.376. The van der Waals surface area contributed by atoms with Gasteiger partial charge in [0.25, 0.3) is 5.60 Å². The highest BCUT2D eigenvalue weighted by Crippen LogP contribution is 2.49. The minimum absolute atomic E-state index is 0.0768. The molecular formula is C20H31F6N5O5S. The molecule has 1 atom stereocenters. The number of rotatable bonds is 10. The third-order valence-corrected chi connectivity index (χ3v) is 5.81. The van der Waals surface area contributed by atoms with Gasteiger partial charge in [0.1, 0.15) is 5.60 Å². The lowest BCUT2D eigenvalue weighted by Gasteiger charge is -2.32. The SMILES string of the molecule is CC(C)CN(C[C@@H](CNC(=O)OC(C)(C)C)Nc1ncc(C(O)(C(F)(F)F)C(F)(F)F)cn1)S(C)(=O)=O. The Labute approximate surface area is 210 Å². The van der Waals surface area contributed by atoms with Crippen LogP contribution in [-0.4, -0.2) is 83.8 Å². The zero-order chi connectivity index (χ0) is 29.0. The van der Waals surface area contributed by atoms with Gasteiger partial charge in [0.05, 0.1) is 12.3 Å². The molecule has 214 valence electrons. The van der Waals surface area contributed by atoms with Gasteiger partial charge in [0.2, 0.25) is 16.0 Å². The smallest absolute Gasteiger partial charge is 0.430 e. The number of nitrogens with zero attached hydrogens (tertiary/aromatic N) is 3. The number of hydrogen-bond donors (Lipinski definition) is 3. The Morgan fingerprint density at radius 3 is 1.92 bits per heavy atom. The van der Waals surface area contributed by atoms with Crippen molar-refractivity contribution >= 4 is 22.1 Å². The zero-order valence-corrected chi connectivity index (χ0v) is 21.8. The summed E-state index contributed by atoms with van der Waals surface area (Å²) in [7, 11) is -3.75. The second-order valence-electron chi connectivity index (χ2n) is 9.70. The number of amides is 1. The Balaban J connectivity index is 3.26. The molecule has 37 heavy (non-hydrogen) atoms. The summed E-state index contributed by atoms with van der Waals surface area (Å²) in [4.78, 5) is 18.9. The van der Waals surface area contributed by atoms with Gasteiger partial charge in [-0.1, -0.05) is 13.8 Å². The predicted molar refractivity (Wildman–Crippen MR) is 121 cm³/mol. The Bertz CT molecular complexity index is 996. The molecule has 0 aliphatic rings. The van der Waals surface area contributed by atoms with Crippen LogP contribution in [0.5, 0.6) is 0 Å². The number of aliphatic hydroxyl groups is 1. The summed E-state index contributed by atoms with van der Waals surface area (Å²) in [6.07, 6.45) is -11.8. The maximum absolute atomic E-state index is 13.1. The van der Waals surface area contributed by atoms with Gasteiger partial charge in [0, 0.05) is 37.6 Å². The van der Waals surface area contributed by atoms with E-state index in [1.807, 2.05) is 0 Å². The molecule has 1 aromatic rings. The monoisotopic (exact) mass is 567 g/mol. The van der Waals surface area contributed by atoms with Crippen molar-refractivity contribution in [1.29, 1.82) is 0 Å². The summed E-state index contributed by atoms with van der Waals surface area (Å²) in [5, 5.41) is 14.5. The summed E-state index contributed by atoms with van der Waals surface area (Å²) in [5.41, 5.74) is -7.73. The summed E-state index contributed by atoms with van der Waals surface area (Å²) in [5.74, 6) is -0.587. The van der Waals surface area contributed by atoms with E-state index in [2.05, 4.69) is 20.6 Å². The number of carbonyl (C=O) groups is 1. The molecule has 3 N–H and O–H groups in total. The zero-order valence-electron chi connectivity index (χ0n) is 21.0. The minimum atomic E-state index is -6.11. The molecule has 1 rings (SSSR count). The average molecular weight is 568 g/mol. The van der Waals surface area contributed by atoms with E-state index in [0.29, 0.717) is 0 Å². The van der Waals surface area contributed by atoms with Crippen LogP contribution in [0.15, 0.2) is 12.4 Å². The number of halogens is 6. The molecule has 0 bridgehead atoms. The van der Waals surface area contributed by atoms with Gasteiger partial charge >= 0.3 is 18.4 Å². The Hall–Kier alpha value is -2.40. The van der Waals surface area contributed by atoms with E-state index in [1.165, 1.54) is 0 Å². The Morgan fingerprint density at radius 2 is 1.54 bits per heavy atom. The highest BCUT2D eigenvalue weighted by Gasteiger charge is 2.71. The van der Waals surface area contributed by atoms with Gasteiger partial charge < -0.3 is 20.5 Å². The fourth-order valence-corrected chi connectivity index (χ4v) is 3.96. The quantitative estimate of drug-likeness (QED) is 0.368. The average Bonchev–Trinajstić information content (AvgIpc) is 2.67. The number of aromatic nitrogens is 2. The molecule has 1 heterocycles. The van der Waals surface area contributed by atoms with Crippen LogP contribution in [0, 0.1) is 5.92 Å². The third kappa shape index (κ3) is 9.45. The summed E-state index contributed by atoms with van der Waals surface area (Å²) in [6, 6.07) is -0.990. The lowest BCUT2D eigenvalue weighted by atomic mass is 9.95. The number of alkyl halides is 6. The van der Waals surface area contributed by atoms with Gasteiger partial charge in [-0.05, 0) is 26.7 Å². The normalized spacial score (nSPS) is 14.6. The number of sulfonamides is 1. The van der Waals surface area contributed by atoms with E-state index in [9.17, 15) is 44.7 Å². The first-order chi connectivity index (χ1) is 16.5. The third-order valence-electron chi connectivity index (χ3n) is 4.58. The molecule has 0 fully saturated rings. The topological polar surface area (TPSA) is 134 Å². The van der Waals surface area contributed by atoms with Crippen molar-refractivity contribution in [2.75, 3.05) is 31.2 Å². The molecule has 0 saturated heterocycles. The van der Waals surface area contributed by atoms with Crippen LogP contribution in [0.1, 0.15) is 40.2 Å². The second-order valence-corrected chi connectivity index (χ2v) is 11.7. The summed E-state index contributed by atoms with van der Waals surface area (Å²) >= 11 is 0. The van der Waals surface area contributed by atoms with E-state index in [0.717, 1.165) is 10.6 Å². The van der Waals surface area contributed by atoms with Crippen molar-refractivity contribution < 1.29 is 49.4 Å². The number of nitrogens with one attached hydrogen (secondary N) is 2. The van der Waals surface area contributed by atoms with E-state index in [-0.39, 0.29) is 37.9 Å². The van der Waals surface area contributed by atoms with Crippen LogP contribution in [0.3, 0.4) is 0 Å². The number of hydrogen-bond acceptors (Lipinski definition) is 8. The molecular weight excluding hydrogens is 536 g/mol. The molecule has 1 aromatic heterocycles. The van der Waals surface area contributed by atoms with Crippen LogP contribution >= 0.6 is 0 Å².